The Morgan fingerprint density at radius 3 is 2.56 bits per heavy atom. The van der Waals surface area contributed by atoms with Crippen LogP contribution in [0.15, 0.2) is 48.5 Å². The summed E-state index contributed by atoms with van der Waals surface area (Å²) in [6.07, 6.45) is 2.59. The molecule has 0 bridgehead atoms. The van der Waals surface area contributed by atoms with Crippen LogP contribution in [0, 0.1) is 5.92 Å². The first kappa shape index (κ1) is 18.6. The molecule has 0 saturated carbocycles. The van der Waals surface area contributed by atoms with Crippen molar-refractivity contribution in [3.8, 4) is 0 Å². The maximum absolute atomic E-state index is 2.68. The molecular weight excluding hydrogens is 351 g/mol. The highest BCUT2D eigenvalue weighted by molar-refractivity contribution is 5.85. The van der Waals surface area contributed by atoms with Crippen LogP contribution in [0.1, 0.15) is 29.0 Å². The summed E-state index contributed by atoms with van der Waals surface area (Å²) >= 11 is 0. The topological polar surface area (TPSA) is 6.48 Å². The van der Waals surface area contributed by atoms with Crippen LogP contribution < -0.4 is 4.90 Å². The van der Waals surface area contributed by atoms with Crippen molar-refractivity contribution in [1.29, 1.82) is 0 Å². The van der Waals surface area contributed by atoms with Crippen LogP contribution >= 0.6 is 24.8 Å². The second-order valence-corrected chi connectivity index (χ2v) is 7.45. The first-order valence-electron chi connectivity index (χ1n) is 9.01. The predicted octanol–water partition coefficient (Wildman–Crippen LogP) is 4.51. The number of para-hydroxylation sites is 1. The van der Waals surface area contributed by atoms with Gasteiger partial charge < -0.3 is 4.90 Å². The molecule has 4 heteroatoms. The third kappa shape index (κ3) is 3.28. The largest absolute Gasteiger partial charge is 0.371 e. The van der Waals surface area contributed by atoms with Gasteiger partial charge in [-0.1, -0.05) is 48.5 Å². The number of halogens is 2. The van der Waals surface area contributed by atoms with Crippen LogP contribution in [0.4, 0.5) is 5.69 Å². The van der Waals surface area contributed by atoms with Gasteiger partial charge in [0.25, 0.3) is 0 Å². The van der Waals surface area contributed by atoms with Gasteiger partial charge in [0, 0.05) is 44.3 Å². The molecular formula is C21H26Cl2N2. The minimum absolute atomic E-state index is 0. The molecule has 1 fully saturated rings. The zero-order chi connectivity index (χ0) is 15.2. The number of hydrogen-bond donors (Lipinski definition) is 0. The zero-order valence-corrected chi connectivity index (χ0v) is 16.1. The number of benzene rings is 2. The summed E-state index contributed by atoms with van der Waals surface area (Å²) in [7, 11) is 0. The number of nitrogens with zero attached hydrogens (tertiary/aromatic N) is 2. The average Bonchev–Trinajstić information content (AvgIpc) is 2.99. The molecule has 134 valence electrons. The first-order valence-corrected chi connectivity index (χ1v) is 9.01. The molecule has 0 aliphatic carbocycles. The van der Waals surface area contributed by atoms with Gasteiger partial charge in [-0.15, -0.1) is 24.8 Å². The van der Waals surface area contributed by atoms with Crippen molar-refractivity contribution in [2.45, 2.75) is 25.3 Å². The molecule has 3 heterocycles. The third-order valence-electron chi connectivity index (χ3n) is 5.96. The van der Waals surface area contributed by atoms with Crippen molar-refractivity contribution in [1.82, 2.24) is 4.90 Å². The molecule has 2 aromatic rings. The van der Waals surface area contributed by atoms with Gasteiger partial charge in [0.05, 0.1) is 0 Å². The second-order valence-electron chi connectivity index (χ2n) is 7.45. The number of likely N-dealkylation sites (tertiary alicyclic amines) is 1. The Morgan fingerprint density at radius 2 is 1.72 bits per heavy atom. The number of anilines is 1. The highest BCUT2D eigenvalue weighted by Gasteiger charge is 2.41. The van der Waals surface area contributed by atoms with E-state index in [1.165, 1.54) is 44.6 Å². The highest BCUT2D eigenvalue weighted by atomic mass is 35.5. The van der Waals surface area contributed by atoms with Gasteiger partial charge in [0.15, 0.2) is 0 Å². The Labute approximate surface area is 163 Å². The van der Waals surface area contributed by atoms with Crippen LogP contribution in [0.25, 0.3) is 0 Å². The smallest absolute Gasteiger partial charge is 0.0434 e. The van der Waals surface area contributed by atoms with Gasteiger partial charge in [-0.3, -0.25) is 4.90 Å². The van der Waals surface area contributed by atoms with Crippen LogP contribution in [0.2, 0.25) is 0 Å². The Morgan fingerprint density at radius 1 is 0.880 bits per heavy atom. The Kier molecular flexibility index (Phi) is 5.62. The molecule has 0 aromatic heterocycles. The van der Waals surface area contributed by atoms with E-state index in [2.05, 4.69) is 58.3 Å². The van der Waals surface area contributed by atoms with Gasteiger partial charge >= 0.3 is 0 Å². The predicted molar refractivity (Wildman–Crippen MR) is 109 cm³/mol. The summed E-state index contributed by atoms with van der Waals surface area (Å²) in [5.74, 6) is 1.54. The quantitative estimate of drug-likeness (QED) is 0.760. The van der Waals surface area contributed by atoms with Gasteiger partial charge in [-0.25, -0.2) is 0 Å². The van der Waals surface area contributed by atoms with Crippen molar-refractivity contribution < 1.29 is 0 Å². The van der Waals surface area contributed by atoms with Gasteiger partial charge in [0.2, 0.25) is 0 Å². The van der Waals surface area contributed by atoms with Gasteiger partial charge in [0.1, 0.15) is 0 Å². The van der Waals surface area contributed by atoms with E-state index in [-0.39, 0.29) is 24.8 Å². The van der Waals surface area contributed by atoms with E-state index >= 15 is 0 Å². The minimum atomic E-state index is 0. The van der Waals surface area contributed by atoms with E-state index in [1.807, 2.05) is 0 Å². The fourth-order valence-corrected chi connectivity index (χ4v) is 5.00. The van der Waals surface area contributed by atoms with E-state index in [0.29, 0.717) is 0 Å². The number of fused-ring (bicyclic) bond motifs is 2. The standard InChI is InChI=1S/C21H24N2.2ClH/c1-2-6-16(7-3-1)12-22-13-18-14-23-11-5-9-17-8-4-10-19(21(17)23)20(18)15-22;;/h1-4,6-8,10,18,20H,5,9,11-15H2;2*1H/t18-,20-;;/m1../s1. The lowest BCUT2D eigenvalue weighted by Gasteiger charge is -2.41. The fourth-order valence-electron chi connectivity index (χ4n) is 5.00. The average molecular weight is 377 g/mol. The third-order valence-corrected chi connectivity index (χ3v) is 5.96. The molecule has 0 amide bonds. The summed E-state index contributed by atoms with van der Waals surface area (Å²) in [4.78, 5) is 5.35. The van der Waals surface area contributed by atoms with Crippen molar-refractivity contribution >= 4 is 30.5 Å². The lowest BCUT2D eigenvalue weighted by atomic mass is 9.80. The molecule has 0 unspecified atom stereocenters. The Bertz CT molecular complexity index is 719. The van der Waals surface area contributed by atoms with Gasteiger partial charge in [-0.05, 0) is 35.4 Å². The number of hydrogen-bond acceptors (Lipinski definition) is 2. The molecule has 0 spiro atoms. The summed E-state index contributed by atoms with van der Waals surface area (Å²) < 4.78 is 0. The number of rotatable bonds is 2. The lowest BCUT2D eigenvalue weighted by molar-refractivity contribution is 0.316. The summed E-state index contributed by atoms with van der Waals surface area (Å²) in [6, 6.07) is 18.0. The van der Waals surface area contributed by atoms with E-state index in [1.54, 1.807) is 16.8 Å². The molecule has 2 atom stereocenters. The Balaban J connectivity index is 0.000000911. The maximum atomic E-state index is 2.68. The van der Waals surface area contributed by atoms with E-state index < -0.39 is 0 Å². The van der Waals surface area contributed by atoms with Crippen LogP contribution in [-0.4, -0.2) is 31.1 Å². The maximum Gasteiger partial charge on any atom is 0.0434 e. The fraction of sp³-hybridized carbons (Fsp3) is 0.429. The molecule has 3 aliphatic rings. The second kappa shape index (κ2) is 7.57. The molecule has 0 N–H and O–H groups in total. The number of aryl methyl sites for hydroxylation is 1. The molecule has 0 radical (unpaired) electrons. The summed E-state index contributed by atoms with van der Waals surface area (Å²) in [5, 5.41) is 0. The van der Waals surface area contributed by atoms with Gasteiger partial charge in [-0.2, -0.15) is 0 Å². The highest BCUT2D eigenvalue weighted by Crippen LogP contribution is 2.46. The lowest BCUT2D eigenvalue weighted by Crippen LogP contribution is -2.40. The Hall–Kier alpha value is -1.22. The van der Waals surface area contributed by atoms with E-state index in [4.69, 9.17) is 0 Å². The normalized spacial score (nSPS) is 23.9. The van der Waals surface area contributed by atoms with Crippen LogP contribution in [-0.2, 0) is 13.0 Å². The van der Waals surface area contributed by atoms with E-state index in [9.17, 15) is 0 Å². The van der Waals surface area contributed by atoms with Crippen molar-refractivity contribution in [3.63, 3.8) is 0 Å². The zero-order valence-electron chi connectivity index (χ0n) is 14.4. The molecule has 2 aromatic carbocycles. The molecule has 25 heavy (non-hydrogen) atoms. The first-order chi connectivity index (χ1) is 11.4. The van der Waals surface area contributed by atoms with Crippen molar-refractivity contribution in [3.05, 3.63) is 65.2 Å². The summed E-state index contributed by atoms with van der Waals surface area (Å²) in [6.45, 7) is 6.10. The van der Waals surface area contributed by atoms with Crippen LogP contribution in [0.3, 0.4) is 0 Å². The minimum Gasteiger partial charge on any atom is -0.371 e. The SMILES string of the molecule is Cl.Cl.c1ccc(CN2C[C@@H]3CN4CCCc5cccc(c54)[C@@H]3C2)cc1. The molecule has 2 nitrogen and oxygen atoms in total. The molecule has 5 rings (SSSR count). The van der Waals surface area contributed by atoms with Crippen molar-refractivity contribution in [2.75, 3.05) is 31.1 Å². The van der Waals surface area contributed by atoms with E-state index in [0.717, 1.165) is 18.4 Å². The molecule has 3 aliphatic heterocycles. The van der Waals surface area contributed by atoms with Crippen molar-refractivity contribution in [2.24, 2.45) is 5.92 Å². The summed E-state index contributed by atoms with van der Waals surface area (Å²) in [5.41, 5.74) is 6.27. The van der Waals surface area contributed by atoms with Crippen LogP contribution in [0.5, 0.6) is 0 Å². The molecule has 1 saturated heterocycles. The monoisotopic (exact) mass is 376 g/mol.